The average Bonchev–Trinajstić information content (AvgIpc) is 3.34. The molecule has 1 N–H and O–H groups in total. The molecule has 106 valence electrons. The van der Waals surface area contributed by atoms with Gasteiger partial charge in [0.05, 0.1) is 0 Å². The molecule has 2 aromatic rings. The molecule has 1 aromatic carbocycles. The summed E-state index contributed by atoms with van der Waals surface area (Å²) in [6, 6.07) is 9.53. The molecule has 0 aliphatic heterocycles. The van der Waals surface area contributed by atoms with E-state index < -0.39 is 0 Å². The normalized spacial score (nSPS) is 19.1. The number of rotatable bonds is 6. The Morgan fingerprint density at radius 3 is 2.60 bits per heavy atom. The molecule has 0 spiro atoms. The van der Waals surface area contributed by atoms with Crippen LogP contribution >= 0.6 is 15.9 Å². The first kappa shape index (κ1) is 12.9. The molecule has 0 amide bonds. The highest BCUT2D eigenvalue weighted by Gasteiger charge is 2.40. The summed E-state index contributed by atoms with van der Waals surface area (Å²) < 4.78 is 3.52. The van der Waals surface area contributed by atoms with Crippen molar-refractivity contribution in [1.82, 2.24) is 9.88 Å². The van der Waals surface area contributed by atoms with E-state index in [1.165, 1.54) is 36.6 Å². The third-order valence-corrected chi connectivity index (χ3v) is 5.22. The minimum atomic E-state index is 0.809. The largest absolute Gasteiger partial charge is 0.346 e. The molecule has 1 aromatic heterocycles. The lowest BCUT2D eigenvalue weighted by molar-refractivity contribution is 0.408. The summed E-state index contributed by atoms with van der Waals surface area (Å²) in [6.45, 7) is 2.16. The second kappa shape index (κ2) is 5.19. The summed E-state index contributed by atoms with van der Waals surface area (Å²) in [7, 11) is 0. The van der Waals surface area contributed by atoms with Gasteiger partial charge in [0.15, 0.2) is 0 Å². The monoisotopic (exact) mass is 332 g/mol. The Morgan fingerprint density at radius 1 is 1.15 bits per heavy atom. The molecule has 0 atom stereocenters. The van der Waals surface area contributed by atoms with Crippen molar-refractivity contribution in [1.29, 1.82) is 0 Å². The van der Waals surface area contributed by atoms with E-state index in [4.69, 9.17) is 0 Å². The van der Waals surface area contributed by atoms with Crippen LogP contribution < -0.4 is 5.32 Å². The second-order valence-corrected chi connectivity index (χ2v) is 7.28. The minimum absolute atomic E-state index is 0.809. The number of fused-ring (bicyclic) bond motifs is 1. The molecule has 2 nitrogen and oxygen atoms in total. The first-order valence-corrected chi connectivity index (χ1v) is 8.58. The topological polar surface area (TPSA) is 17.0 Å². The molecule has 2 aliphatic rings. The van der Waals surface area contributed by atoms with E-state index in [2.05, 4.69) is 56.3 Å². The van der Waals surface area contributed by atoms with Crippen LogP contribution in [0.15, 0.2) is 34.9 Å². The third-order valence-electron chi connectivity index (χ3n) is 4.73. The van der Waals surface area contributed by atoms with Gasteiger partial charge >= 0.3 is 0 Å². The summed E-state index contributed by atoms with van der Waals surface area (Å²) in [4.78, 5) is 0. The van der Waals surface area contributed by atoms with Crippen molar-refractivity contribution in [2.45, 2.75) is 38.3 Å². The van der Waals surface area contributed by atoms with Gasteiger partial charge in [-0.2, -0.15) is 0 Å². The Bertz CT molecular complexity index is 598. The highest BCUT2D eigenvalue weighted by molar-refractivity contribution is 9.10. The zero-order valence-electron chi connectivity index (χ0n) is 11.7. The standard InChI is InChI=1S/C17H21BrN2/c18-15-6-5-12-7-9-20(16(12)11-15)10-8-19-17(13-1-2-13)14-3-4-14/h5-7,9,11,13-14,17,19H,1-4,8,10H2. The van der Waals surface area contributed by atoms with E-state index in [0.717, 1.165) is 35.4 Å². The van der Waals surface area contributed by atoms with Crippen LogP contribution in [-0.4, -0.2) is 17.2 Å². The maximum absolute atomic E-state index is 3.83. The number of nitrogens with zero attached hydrogens (tertiary/aromatic N) is 1. The Balaban J connectivity index is 1.41. The molecule has 4 rings (SSSR count). The van der Waals surface area contributed by atoms with Gasteiger partial charge in [-0.1, -0.05) is 22.0 Å². The van der Waals surface area contributed by atoms with Crippen molar-refractivity contribution in [2.75, 3.05) is 6.54 Å². The van der Waals surface area contributed by atoms with Gasteiger partial charge in [0.1, 0.15) is 0 Å². The van der Waals surface area contributed by atoms with Gasteiger partial charge < -0.3 is 9.88 Å². The lowest BCUT2D eigenvalue weighted by Gasteiger charge is -2.18. The molecule has 3 heteroatoms. The highest BCUT2D eigenvalue weighted by atomic mass is 79.9. The van der Waals surface area contributed by atoms with E-state index in [-0.39, 0.29) is 0 Å². The van der Waals surface area contributed by atoms with Gasteiger partial charge in [0, 0.05) is 35.3 Å². The predicted octanol–water partition coefficient (Wildman–Crippen LogP) is 4.18. The Hall–Kier alpha value is -0.800. The van der Waals surface area contributed by atoms with Gasteiger partial charge in [-0.15, -0.1) is 0 Å². The SMILES string of the molecule is Brc1ccc2ccn(CCNC(C3CC3)C3CC3)c2c1. The number of hydrogen-bond acceptors (Lipinski definition) is 1. The number of nitrogens with one attached hydrogen (secondary N) is 1. The van der Waals surface area contributed by atoms with Crippen LogP contribution in [-0.2, 0) is 6.54 Å². The summed E-state index contributed by atoms with van der Waals surface area (Å²) in [5.41, 5.74) is 1.33. The molecule has 2 saturated carbocycles. The number of hydrogen-bond donors (Lipinski definition) is 1. The molecule has 0 saturated heterocycles. The quantitative estimate of drug-likeness (QED) is 0.839. The number of benzene rings is 1. The predicted molar refractivity (Wildman–Crippen MR) is 86.9 cm³/mol. The minimum Gasteiger partial charge on any atom is -0.346 e. The molecular weight excluding hydrogens is 312 g/mol. The summed E-state index contributed by atoms with van der Waals surface area (Å²) >= 11 is 3.57. The van der Waals surface area contributed by atoms with Crippen LogP contribution in [0.2, 0.25) is 0 Å². The van der Waals surface area contributed by atoms with Crippen LogP contribution in [0.5, 0.6) is 0 Å². The van der Waals surface area contributed by atoms with Crippen molar-refractivity contribution < 1.29 is 0 Å². The zero-order valence-corrected chi connectivity index (χ0v) is 13.3. The van der Waals surface area contributed by atoms with E-state index in [0.29, 0.717) is 0 Å². The van der Waals surface area contributed by atoms with Gasteiger partial charge in [-0.3, -0.25) is 0 Å². The second-order valence-electron chi connectivity index (χ2n) is 6.37. The fraction of sp³-hybridized carbons (Fsp3) is 0.529. The maximum Gasteiger partial charge on any atom is 0.0492 e. The lowest BCUT2D eigenvalue weighted by Crippen LogP contribution is -2.35. The maximum atomic E-state index is 3.83. The molecule has 2 aliphatic carbocycles. The molecule has 2 fully saturated rings. The molecule has 20 heavy (non-hydrogen) atoms. The van der Waals surface area contributed by atoms with E-state index >= 15 is 0 Å². The van der Waals surface area contributed by atoms with Crippen LogP contribution in [0.3, 0.4) is 0 Å². The molecular formula is C17H21BrN2. The van der Waals surface area contributed by atoms with E-state index in [1.54, 1.807) is 0 Å². The molecule has 0 unspecified atom stereocenters. The average molecular weight is 333 g/mol. The van der Waals surface area contributed by atoms with Gasteiger partial charge in [0.2, 0.25) is 0 Å². The van der Waals surface area contributed by atoms with Gasteiger partial charge in [-0.05, 0) is 61.1 Å². The third kappa shape index (κ3) is 2.66. The van der Waals surface area contributed by atoms with Crippen LogP contribution in [0.4, 0.5) is 0 Å². The van der Waals surface area contributed by atoms with E-state index in [1.807, 2.05) is 0 Å². The summed E-state index contributed by atoms with van der Waals surface area (Å²) in [5, 5.41) is 5.16. The van der Waals surface area contributed by atoms with Crippen molar-refractivity contribution >= 4 is 26.8 Å². The number of aromatic nitrogens is 1. The Morgan fingerprint density at radius 2 is 1.90 bits per heavy atom. The fourth-order valence-corrected chi connectivity index (χ4v) is 3.68. The highest BCUT2D eigenvalue weighted by Crippen LogP contribution is 2.44. The summed E-state index contributed by atoms with van der Waals surface area (Å²) in [6.07, 6.45) is 8.02. The van der Waals surface area contributed by atoms with Crippen LogP contribution in [0.1, 0.15) is 25.7 Å². The smallest absolute Gasteiger partial charge is 0.0492 e. The van der Waals surface area contributed by atoms with Crippen molar-refractivity contribution in [2.24, 2.45) is 11.8 Å². The zero-order chi connectivity index (χ0) is 13.5. The van der Waals surface area contributed by atoms with Gasteiger partial charge in [-0.25, -0.2) is 0 Å². The van der Waals surface area contributed by atoms with Gasteiger partial charge in [0.25, 0.3) is 0 Å². The van der Waals surface area contributed by atoms with Crippen LogP contribution in [0, 0.1) is 11.8 Å². The molecule has 0 bridgehead atoms. The Kier molecular flexibility index (Phi) is 3.35. The first-order chi connectivity index (χ1) is 9.81. The summed E-state index contributed by atoms with van der Waals surface area (Å²) in [5.74, 6) is 1.97. The van der Waals surface area contributed by atoms with Crippen molar-refractivity contribution in [3.63, 3.8) is 0 Å². The number of halogens is 1. The lowest BCUT2D eigenvalue weighted by atomic mass is 10.1. The van der Waals surface area contributed by atoms with E-state index in [9.17, 15) is 0 Å². The Labute approximate surface area is 128 Å². The first-order valence-electron chi connectivity index (χ1n) is 7.79. The van der Waals surface area contributed by atoms with Crippen LogP contribution in [0.25, 0.3) is 10.9 Å². The fourth-order valence-electron chi connectivity index (χ4n) is 3.33. The van der Waals surface area contributed by atoms with Crippen molar-refractivity contribution in [3.05, 3.63) is 34.9 Å². The van der Waals surface area contributed by atoms with Crippen molar-refractivity contribution in [3.8, 4) is 0 Å². The molecule has 1 heterocycles. The molecule has 0 radical (unpaired) electrons.